The van der Waals surface area contributed by atoms with Gasteiger partial charge in [0, 0.05) is 40.1 Å². The molecule has 0 aliphatic rings. The SMILES string of the molecule is c1cnc2cn(-c3cnc4cscc4c3)cc2c1. The molecule has 0 spiro atoms. The lowest BCUT2D eigenvalue weighted by Crippen LogP contribution is -1.90. The van der Waals surface area contributed by atoms with Crippen molar-refractivity contribution in [1.29, 1.82) is 0 Å². The predicted octanol–water partition coefficient (Wildman–Crippen LogP) is 3.64. The van der Waals surface area contributed by atoms with E-state index in [2.05, 4.69) is 43.6 Å². The number of rotatable bonds is 1. The first kappa shape index (κ1) is 9.79. The molecule has 4 heteroatoms. The molecule has 0 N–H and O–H groups in total. The third-order valence-electron chi connectivity index (χ3n) is 3.02. The van der Waals surface area contributed by atoms with E-state index >= 15 is 0 Å². The first-order chi connectivity index (χ1) is 8.90. The van der Waals surface area contributed by atoms with Crippen LogP contribution in [0.25, 0.3) is 27.5 Å². The zero-order valence-corrected chi connectivity index (χ0v) is 10.3. The molecule has 0 bridgehead atoms. The van der Waals surface area contributed by atoms with Gasteiger partial charge >= 0.3 is 0 Å². The molecule has 0 radical (unpaired) electrons. The van der Waals surface area contributed by atoms with Crippen LogP contribution in [-0.4, -0.2) is 14.5 Å². The molecule has 0 aliphatic heterocycles. The van der Waals surface area contributed by atoms with Gasteiger partial charge in [-0.25, -0.2) is 0 Å². The van der Waals surface area contributed by atoms with Crippen LogP contribution >= 0.6 is 11.3 Å². The third kappa shape index (κ3) is 1.43. The van der Waals surface area contributed by atoms with Gasteiger partial charge in [-0.05, 0) is 18.2 Å². The normalized spacial score (nSPS) is 11.3. The van der Waals surface area contributed by atoms with Gasteiger partial charge < -0.3 is 4.57 Å². The standard InChI is InChI=1S/C14H9N3S/c1-2-10-6-17(7-13(10)15-3-1)12-4-11-8-18-9-14(11)16-5-12/h1-9H. The molecular weight excluding hydrogens is 242 g/mol. The summed E-state index contributed by atoms with van der Waals surface area (Å²) in [5, 5.41) is 6.51. The summed E-state index contributed by atoms with van der Waals surface area (Å²) in [5.74, 6) is 0. The van der Waals surface area contributed by atoms with E-state index in [1.54, 1.807) is 11.3 Å². The maximum Gasteiger partial charge on any atom is 0.0882 e. The Labute approximate surface area is 107 Å². The molecule has 0 unspecified atom stereocenters. The summed E-state index contributed by atoms with van der Waals surface area (Å²) >= 11 is 1.68. The molecule has 86 valence electrons. The number of fused-ring (bicyclic) bond motifs is 2. The van der Waals surface area contributed by atoms with Crippen molar-refractivity contribution in [1.82, 2.24) is 14.5 Å². The smallest absolute Gasteiger partial charge is 0.0882 e. The molecule has 0 amide bonds. The van der Waals surface area contributed by atoms with Crippen molar-refractivity contribution >= 4 is 33.1 Å². The van der Waals surface area contributed by atoms with Crippen LogP contribution in [0.2, 0.25) is 0 Å². The third-order valence-corrected chi connectivity index (χ3v) is 3.77. The largest absolute Gasteiger partial charge is 0.320 e. The molecule has 4 heterocycles. The van der Waals surface area contributed by atoms with Crippen molar-refractivity contribution in [2.24, 2.45) is 0 Å². The summed E-state index contributed by atoms with van der Waals surface area (Å²) in [6.07, 6.45) is 7.82. The Hall–Kier alpha value is -2.20. The first-order valence-corrected chi connectivity index (χ1v) is 6.59. The molecule has 0 aliphatic carbocycles. The summed E-state index contributed by atoms with van der Waals surface area (Å²) in [7, 11) is 0. The number of nitrogens with zero attached hydrogens (tertiary/aromatic N) is 3. The number of thiophene rings is 1. The molecule has 0 fully saturated rings. The zero-order chi connectivity index (χ0) is 11.9. The predicted molar refractivity (Wildman–Crippen MR) is 74.2 cm³/mol. The van der Waals surface area contributed by atoms with Gasteiger partial charge in [0.1, 0.15) is 0 Å². The van der Waals surface area contributed by atoms with Gasteiger partial charge in [-0.3, -0.25) is 9.97 Å². The molecule has 0 saturated carbocycles. The molecule has 18 heavy (non-hydrogen) atoms. The Morgan fingerprint density at radius 2 is 2.00 bits per heavy atom. The van der Waals surface area contributed by atoms with E-state index < -0.39 is 0 Å². The van der Waals surface area contributed by atoms with Gasteiger partial charge in [-0.15, -0.1) is 11.3 Å². The van der Waals surface area contributed by atoms with Crippen molar-refractivity contribution in [2.45, 2.75) is 0 Å². The van der Waals surface area contributed by atoms with Gasteiger partial charge in [0.05, 0.1) is 22.9 Å². The van der Waals surface area contributed by atoms with E-state index in [9.17, 15) is 0 Å². The summed E-state index contributed by atoms with van der Waals surface area (Å²) in [6, 6.07) is 6.17. The van der Waals surface area contributed by atoms with Crippen molar-refractivity contribution < 1.29 is 0 Å². The minimum atomic E-state index is 1.00. The number of pyridine rings is 2. The highest BCUT2D eigenvalue weighted by atomic mass is 32.1. The topological polar surface area (TPSA) is 30.7 Å². The highest BCUT2D eigenvalue weighted by Crippen LogP contribution is 2.21. The van der Waals surface area contributed by atoms with Crippen molar-refractivity contribution in [3.05, 3.63) is 53.7 Å². The van der Waals surface area contributed by atoms with E-state index in [-0.39, 0.29) is 0 Å². The average Bonchev–Trinajstić information content (AvgIpc) is 3.04. The van der Waals surface area contributed by atoms with Crippen LogP contribution in [0.15, 0.2) is 53.7 Å². The molecule has 0 aromatic carbocycles. The fraction of sp³-hybridized carbons (Fsp3) is 0. The van der Waals surface area contributed by atoms with E-state index in [0.29, 0.717) is 0 Å². The summed E-state index contributed by atoms with van der Waals surface area (Å²) < 4.78 is 2.07. The molecule has 4 rings (SSSR count). The Bertz CT molecular complexity index is 811. The van der Waals surface area contributed by atoms with E-state index in [1.807, 2.05) is 24.7 Å². The van der Waals surface area contributed by atoms with Crippen LogP contribution in [0.5, 0.6) is 0 Å². The maximum atomic E-state index is 4.46. The second-order valence-corrected chi connectivity index (χ2v) is 4.93. The van der Waals surface area contributed by atoms with Gasteiger partial charge in [0.25, 0.3) is 0 Å². The zero-order valence-electron chi connectivity index (χ0n) is 9.45. The van der Waals surface area contributed by atoms with Crippen LogP contribution in [0.4, 0.5) is 0 Å². The summed E-state index contributed by atoms with van der Waals surface area (Å²) in [6.45, 7) is 0. The lowest BCUT2D eigenvalue weighted by molar-refractivity contribution is 1.07. The van der Waals surface area contributed by atoms with Crippen LogP contribution in [0, 0.1) is 0 Å². The van der Waals surface area contributed by atoms with E-state index in [0.717, 1.165) is 22.1 Å². The van der Waals surface area contributed by atoms with Crippen LogP contribution in [0.3, 0.4) is 0 Å². The number of hydrogen-bond acceptors (Lipinski definition) is 3. The molecule has 4 aromatic heterocycles. The Morgan fingerprint density at radius 1 is 1.00 bits per heavy atom. The number of hydrogen-bond donors (Lipinski definition) is 0. The minimum Gasteiger partial charge on any atom is -0.320 e. The molecule has 4 aromatic rings. The van der Waals surface area contributed by atoms with Crippen LogP contribution in [0.1, 0.15) is 0 Å². The Morgan fingerprint density at radius 3 is 2.94 bits per heavy atom. The molecule has 3 nitrogen and oxygen atoms in total. The number of aromatic nitrogens is 3. The fourth-order valence-electron chi connectivity index (χ4n) is 2.10. The van der Waals surface area contributed by atoms with Gasteiger partial charge in [-0.2, -0.15) is 0 Å². The second kappa shape index (κ2) is 3.65. The average molecular weight is 251 g/mol. The minimum absolute atomic E-state index is 1.00. The van der Waals surface area contributed by atoms with Crippen LogP contribution in [-0.2, 0) is 0 Å². The maximum absolute atomic E-state index is 4.46. The Balaban J connectivity index is 1.94. The lowest BCUT2D eigenvalue weighted by Gasteiger charge is -2.01. The molecule has 0 saturated heterocycles. The van der Waals surface area contributed by atoms with Crippen molar-refractivity contribution in [2.75, 3.05) is 0 Å². The molecule has 0 atom stereocenters. The Kier molecular flexibility index (Phi) is 1.98. The van der Waals surface area contributed by atoms with E-state index in [1.165, 1.54) is 5.39 Å². The monoisotopic (exact) mass is 251 g/mol. The van der Waals surface area contributed by atoms with Crippen LogP contribution < -0.4 is 0 Å². The lowest BCUT2D eigenvalue weighted by atomic mass is 10.3. The van der Waals surface area contributed by atoms with Crippen molar-refractivity contribution in [3.63, 3.8) is 0 Å². The fourth-order valence-corrected chi connectivity index (χ4v) is 2.83. The second-order valence-electron chi connectivity index (χ2n) is 4.18. The van der Waals surface area contributed by atoms with E-state index in [4.69, 9.17) is 0 Å². The van der Waals surface area contributed by atoms with Gasteiger partial charge in [0.15, 0.2) is 0 Å². The van der Waals surface area contributed by atoms with Crippen molar-refractivity contribution in [3.8, 4) is 5.69 Å². The van der Waals surface area contributed by atoms with Gasteiger partial charge in [0.2, 0.25) is 0 Å². The quantitative estimate of drug-likeness (QED) is 0.517. The van der Waals surface area contributed by atoms with Gasteiger partial charge in [-0.1, -0.05) is 0 Å². The first-order valence-electron chi connectivity index (χ1n) is 5.65. The highest BCUT2D eigenvalue weighted by molar-refractivity contribution is 7.09. The summed E-state index contributed by atoms with van der Waals surface area (Å²) in [4.78, 5) is 8.80. The highest BCUT2D eigenvalue weighted by Gasteiger charge is 2.03. The summed E-state index contributed by atoms with van der Waals surface area (Å²) in [5.41, 5.74) is 3.13. The molecular formula is C14H9N3S.